The first-order valence-electron chi connectivity index (χ1n) is 16.3. The molecule has 2 amide bonds. The second-order valence-electron chi connectivity index (χ2n) is 13.5. The third-order valence-corrected chi connectivity index (χ3v) is 8.65. The molecule has 0 aromatic heterocycles. The van der Waals surface area contributed by atoms with Gasteiger partial charge in [0.1, 0.15) is 17.9 Å². The molecule has 10 heteroatoms. The molecule has 2 N–H and O–H groups in total. The lowest BCUT2D eigenvalue weighted by Crippen LogP contribution is -2.51. The van der Waals surface area contributed by atoms with E-state index in [0.717, 1.165) is 5.56 Å². The lowest BCUT2D eigenvalue weighted by molar-refractivity contribution is -0.178. The van der Waals surface area contributed by atoms with E-state index in [1.54, 1.807) is 38.1 Å². The Labute approximate surface area is 289 Å². The molecular weight excluding hydrogens is 632 g/mol. The monoisotopic (exact) mass is 680 g/mol. The van der Waals surface area contributed by atoms with Crippen LogP contribution in [0.3, 0.4) is 0 Å². The van der Waals surface area contributed by atoms with Crippen molar-refractivity contribution < 1.29 is 33.4 Å². The fourth-order valence-electron chi connectivity index (χ4n) is 5.07. The van der Waals surface area contributed by atoms with Crippen LogP contribution in [0.4, 0.5) is 0 Å². The molecule has 3 rings (SSSR count). The summed E-state index contributed by atoms with van der Waals surface area (Å²) in [7, 11) is 1.51. The van der Waals surface area contributed by atoms with Gasteiger partial charge in [0.05, 0.1) is 17.5 Å². The summed E-state index contributed by atoms with van der Waals surface area (Å²) in [5, 5.41) is 5.92. The van der Waals surface area contributed by atoms with Gasteiger partial charge >= 0.3 is 11.9 Å². The van der Waals surface area contributed by atoms with Gasteiger partial charge in [-0.15, -0.1) is 0 Å². The summed E-state index contributed by atoms with van der Waals surface area (Å²) in [5.41, 5.74) is 2.87. The number of nitrogens with one attached hydrogen (secondary N) is 2. The molecule has 0 aliphatic carbocycles. The van der Waals surface area contributed by atoms with Crippen molar-refractivity contribution in [1.82, 2.24) is 10.6 Å². The predicted molar refractivity (Wildman–Crippen MR) is 188 cm³/mol. The zero-order chi connectivity index (χ0) is 35.6. The van der Waals surface area contributed by atoms with Crippen molar-refractivity contribution in [2.75, 3.05) is 13.7 Å². The van der Waals surface area contributed by atoms with Crippen molar-refractivity contribution in [2.24, 2.45) is 17.3 Å². The molecule has 0 unspecified atom stereocenters. The van der Waals surface area contributed by atoms with Crippen LogP contribution in [0.2, 0.25) is 5.02 Å². The summed E-state index contributed by atoms with van der Waals surface area (Å²) in [5.74, 6) is -2.04. The Kier molecular flexibility index (Phi) is 13.8. The Morgan fingerprint density at radius 1 is 1.02 bits per heavy atom. The van der Waals surface area contributed by atoms with Gasteiger partial charge in [0, 0.05) is 25.3 Å². The largest absolute Gasteiger partial charge is 0.495 e. The summed E-state index contributed by atoms with van der Waals surface area (Å²) in [6, 6.07) is 10.3. The highest BCUT2D eigenvalue weighted by atomic mass is 35.5. The van der Waals surface area contributed by atoms with Gasteiger partial charge in [0.2, 0.25) is 11.8 Å². The van der Waals surface area contributed by atoms with Crippen LogP contribution >= 0.6 is 11.6 Å². The third kappa shape index (κ3) is 11.3. The number of hydrogen-bond donors (Lipinski definition) is 2. The third-order valence-electron chi connectivity index (χ3n) is 8.36. The topological polar surface area (TPSA) is 120 Å². The van der Waals surface area contributed by atoms with E-state index < -0.39 is 47.4 Å². The van der Waals surface area contributed by atoms with E-state index in [0.29, 0.717) is 16.3 Å². The smallest absolute Gasteiger partial charge is 0.347 e. The average molecular weight is 681 g/mol. The maximum atomic E-state index is 13.6. The van der Waals surface area contributed by atoms with E-state index in [-0.39, 0.29) is 37.6 Å². The number of amides is 2. The zero-order valence-electron chi connectivity index (χ0n) is 29.2. The fraction of sp³-hybridized carbons (Fsp3) is 0.474. The number of cyclic esters (lactones) is 2. The molecule has 0 bridgehead atoms. The second kappa shape index (κ2) is 17.3. The number of carbonyl (C=O) groups excluding carboxylic acids is 4. The number of esters is 2. The van der Waals surface area contributed by atoms with Crippen molar-refractivity contribution in [3.8, 4) is 5.75 Å². The zero-order valence-corrected chi connectivity index (χ0v) is 30.0. The molecule has 1 aliphatic heterocycles. The normalized spacial score (nSPS) is 22.4. The first-order chi connectivity index (χ1) is 22.6. The van der Waals surface area contributed by atoms with Crippen LogP contribution in [0.1, 0.15) is 69.7 Å². The molecule has 48 heavy (non-hydrogen) atoms. The minimum absolute atomic E-state index is 0.0279. The minimum Gasteiger partial charge on any atom is -0.495 e. The SMILES string of the molecule is COc1ccc(C[C@H]2NC(=O)/C=C/C[C@@H]([C@H](C)/C=C/c3ccc(C)c(C)c3)OC(=O)[C@H](CC(C)C)OC(=O)C(C)(C)CNC2=O)cc1Cl. The van der Waals surface area contributed by atoms with Crippen molar-refractivity contribution in [3.05, 3.63) is 81.9 Å². The molecular formula is C38H49ClN2O7. The summed E-state index contributed by atoms with van der Waals surface area (Å²) in [6.45, 7) is 13.0. The van der Waals surface area contributed by atoms with Crippen LogP contribution in [0, 0.1) is 31.1 Å². The second-order valence-corrected chi connectivity index (χ2v) is 13.9. The van der Waals surface area contributed by atoms with Crippen molar-refractivity contribution in [2.45, 2.75) is 86.0 Å². The van der Waals surface area contributed by atoms with E-state index in [9.17, 15) is 19.2 Å². The summed E-state index contributed by atoms with van der Waals surface area (Å²) < 4.78 is 17.0. The van der Waals surface area contributed by atoms with Crippen molar-refractivity contribution in [3.63, 3.8) is 0 Å². The molecule has 9 nitrogen and oxygen atoms in total. The lowest BCUT2D eigenvalue weighted by Gasteiger charge is -2.29. The molecule has 0 spiro atoms. The Morgan fingerprint density at radius 3 is 2.40 bits per heavy atom. The van der Waals surface area contributed by atoms with E-state index in [2.05, 4.69) is 29.7 Å². The van der Waals surface area contributed by atoms with Crippen LogP contribution in [0.5, 0.6) is 5.75 Å². The first kappa shape index (κ1) is 38.3. The van der Waals surface area contributed by atoms with E-state index in [1.165, 1.54) is 24.3 Å². The molecule has 4 atom stereocenters. The van der Waals surface area contributed by atoms with Crippen LogP contribution in [-0.2, 0) is 35.1 Å². The Morgan fingerprint density at radius 2 is 1.75 bits per heavy atom. The highest BCUT2D eigenvalue weighted by molar-refractivity contribution is 6.32. The van der Waals surface area contributed by atoms with Gasteiger partial charge in [0.25, 0.3) is 0 Å². The number of aryl methyl sites for hydroxylation is 2. The van der Waals surface area contributed by atoms with Gasteiger partial charge in [-0.2, -0.15) is 0 Å². The van der Waals surface area contributed by atoms with Crippen LogP contribution in [0.25, 0.3) is 6.08 Å². The maximum absolute atomic E-state index is 13.6. The highest BCUT2D eigenvalue weighted by Crippen LogP contribution is 2.26. The average Bonchev–Trinajstić information content (AvgIpc) is 3.02. The van der Waals surface area contributed by atoms with Gasteiger partial charge < -0.3 is 24.8 Å². The Bertz CT molecular complexity index is 1530. The minimum atomic E-state index is -1.19. The van der Waals surface area contributed by atoms with Crippen LogP contribution < -0.4 is 15.4 Å². The summed E-state index contributed by atoms with van der Waals surface area (Å²) in [4.78, 5) is 53.6. The van der Waals surface area contributed by atoms with Crippen LogP contribution in [0.15, 0.2) is 54.6 Å². The van der Waals surface area contributed by atoms with Gasteiger partial charge in [-0.25, -0.2) is 4.79 Å². The molecule has 260 valence electrons. The maximum Gasteiger partial charge on any atom is 0.347 e. The summed E-state index contributed by atoms with van der Waals surface area (Å²) >= 11 is 6.32. The van der Waals surface area contributed by atoms with Crippen molar-refractivity contribution >= 4 is 41.4 Å². The molecule has 0 saturated carbocycles. The molecule has 1 aliphatic rings. The van der Waals surface area contributed by atoms with Gasteiger partial charge in [-0.3, -0.25) is 14.4 Å². The molecule has 0 radical (unpaired) electrons. The van der Waals surface area contributed by atoms with E-state index >= 15 is 0 Å². The standard InChI is InChI=1S/C38H49ClN2O7/c1-23(2)18-33-36(44)47-31(25(4)13-15-27-14-12-24(3)26(5)19-27)10-9-11-34(42)41-30(21-28-16-17-32(46-8)29(39)20-28)35(43)40-22-38(6,7)37(45)48-33/h9,11-17,19-20,23,25,30-31,33H,10,18,21-22H2,1-8H3,(H,40,43)(H,41,42)/b11-9+,15-13+/t25-,30-,31+,33+/m1/s1. The Balaban J connectivity index is 1.95. The van der Waals surface area contributed by atoms with E-state index in [1.807, 2.05) is 45.9 Å². The molecule has 0 saturated heterocycles. The van der Waals surface area contributed by atoms with E-state index in [4.69, 9.17) is 25.8 Å². The number of carbonyl (C=O) groups is 4. The number of halogens is 1. The van der Waals surface area contributed by atoms with Crippen molar-refractivity contribution in [1.29, 1.82) is 0 Å². The number of benzene rings is 2. The molecule has 0 fully saturated rings. The molecule has 2 aromatic rings. The first-order valence-corrected chi connectivity index (χ1v) is 16.7. The lowest BCUT2D eigenvalue weighted by atomic mass is 9.93. The predicted octanol–water partition coefficient (Wildman–Crippen LogP) is 6.31. The number of rotatable bonds is 8. The van der Waals surface area contributed by atoms with Crippen LogP contribution in [-0.4, -0.2) is 55.7 Å². The fourth-order valence-corrected chi connectivity index (χ4v) is 5.35. The van der Waals surface area contributed by atoms with Gasteiger partial charge in [-0.05, 0) is 80.5 Å². The molecule has 2 aromatic carbocycles. The molecule has 1 heterocycles. The van der Waals surface area contributed by atoms with Gasteiger partial charge in [-0.1, -0.05) is 74.9 Å². The number of ether oxygens (including phenoxy) is 3. The Hall–Kier alpha value is -4.11. The quantitative estimate of drug-likeness (QED) is 0.314. The number of methoxy groups -OCH3 is 1. The highest BCUT2D eigenvalue weighted by Gasteiger charge is 2.37. The number of hydrogen-bond acceptors (Lipinski definition) is 7. The summed E-state index contributed by atoms with van der Waals surface area (Å²) in [6.07, 6.45) is 5.68. The van der Waals surface area contributed by atoms with Gasteiger partial charge in [0.15, 0.2) is 6.10 Å².